The highest BCUT2D eigenvalue weighted by Gasteiger charge is 2.50. The van der Waals surface area contributed by atoms with Gasteiger partial charge >= 0.3 is 7.12 Å². The third-order valence-electron chi connectivity index (χ3n) is 4.43. The van der Waals surface area contributed by atoms with E-state index in [2.05, 4.69) is 38.0 Å². The average Bonchev–Trinajstić information content (AvgIpc) is 2.92. The van der Waals surface area contributed by atoms with Crippen LogP contribution in [0.2, 0.25) is 6.32 Å². The van der Waals surface area contributed by atoms with Gasteiger partial charge in [0.2, 0.25) is 0 Å². The van der Waals surface area contributed by atoms with Gasteiger partial charge in [0.05, 0.1) is 23.0 Å². The van der Waals surface area contributed by atoms with Crippen molar-refractivity contribution in [3.05, 3.63) is 11.9 Å². The molecule has 0 amide bonds. The summed E-state index contributed by atoms with van der Waals surface area (Å²) in [5.74, 6) is 0. The van der Waals surface area contributed by atoms with Gasteiger partial charge in [-0.15, -0.1) is 5.10 Å². The Labute approximate surface area is 132 Å². The highest BCUT2D eigenvalue weighted by atomic mass is 16.7. The first-order valence-corrected chi connectivity index (χ1v) is 7.86. The normalized spacial score (nSPS) is 21.3. The molecule has 2 heterocycles. The monoisotopic (exact) mass is 310 g/mol. The molecule has 8 heteroatoms. The van der Waals surface area contributed by atoms with E-state index in [-0.39, 0.29) is 24.9 Å². The lowest BCUT2D eigenvalue weighted by atomic mass is 9.83. The molecule has 0 aromatic carbocycles. The first-order valence-electron chi connectivity index (χ1n) is 7.86. The van der Waals surface area contributed by atoms with Crippen molar-refractivity contribution in [1.82, 2.24) is 15.0 Å². The van der Waals surface area contributed by atoms with Crippen molar-refractivity contribution in [1.29, 1.82) is 0 Å². The number of rotatable bonds is 7. The maximum Gasteiger partial charge on any atom is 0.457 e. The maximum absolute atomic E-state index is 9.50. The van der Waals surface area contributed by atoms with Crippen molar-refractivity contribution < 1.29 is 14.4 Å². The Hall–Kier alpha value is -0.955. The van der Waals surface area contributed by atoms with Gasteiger partial charge in [-0.2, -0.15) is 0 Å². The van der Waals surface area contributed by atoms with Gasteiger partial charge in [-0.25, -0.2) is 0 Å². The Morgan fingerprint density at radius 3 is 2.55 bits per heavy atom. The number of nitrogens with two attached hydrogens (primary N) is 1. The number of aliphatic hydroxyl groups excluding tert-OH is 1. The summed E-state index contributed by atoms with van der Waals surface area (Å²) in [6.45, 7) is 9.20. The molecule has 2 rings (SSSR count). The minimum Gasteiger partial charge on any atom is -0.403 e. The Morgan fingerprint density at radius 2 is 1.95 bits per heavy atom. The first-order chi connectivity index (χ1) is 10.2. The fraction of sp³-hybridized carbons (Fsp3) is 0.857. The van der Waals surface area contributed by atoms with Crippen LogP contribution in [0.3, 0.4) is 0 Å². The number of nitrogens with zero attached hydrogens (tertiary/aromatic N) is 3. The highest BCUT2D eigenvalue weighted by Crippen LogP contribution is 2.37. The minimum atomic E-state index is -0.560. The molecule has 1 atom stereocenters. The molecule has 1 unspecified atom stereocenters. The Balaban J connectivity index is 1.76. The summed E-state index contributed by atoms with van der Waals surface area (Å²) in [5, 5.41) is 17.6. The van der Waals surface area contributed by atoms with E-state index >= 15 is 0 Å². The van der Waals surface area contributed by atoms with Crippen LogP contribution < -0.4 is 5.73 Å². The quantitative estimate of drug-likeness (QED) is 0.717. The molecule has 1 saturated heterocycles. The lowest BCUT2D eigenvalue weighted by Crippen LogP contribution is -2.41. The molecule has 7 nitrogen and oxygen atoms in total. The van der Waals surface area contributed by atoms with Crippen LogP contribution in [0.5, 0.6) is 0 Å². The van der Waals surface area contributed by atoms with Crippen LogP contribution in [0.15, 0.2) is 6.20 Å². The van der Waals surface area contributed by atoms with Crippen LogP contribution >= 0.6 is 0 Å². The summed E-state index contributed by atoms with van der Waals surface area (Å²) >= 11 is 0. The molecule has 0 spiro atoms. The third kappa shape index (κ3) is 4.07. The molecular weight excluding hydrogens is 283 g/mol. The van der Waals surface area contributed by atoms with Crippen molar-refractivity contribution in [3.63, 3.8) is 0 Å². The van der Waals surface area contributed by atoms with E-state index < -0.39 is 6.10 Å². The summed E-state index contributed by atoms with van der Waals surface area (Å²) in [5.41, 5.74) is 5.58. The predicted molar refractivity (Wildman–Crippen MR) is 84.3 cm³/mol. The zero-order valence-electron chi connectivity index (χ0n) is 14.0. The predicted octanol–water partition coefficient (Wildman–Crippen LogP) is 0.622. The summed E-state index contributed by atoms with van der Waals surface area (Å²) in [4.78, 5) is 0. The van der Waals surface area contributed by atoms with E-state index in [9.17, 15) is 5.11 Å². The number of aryl methyl sites for hydroxylation is 1. The highest BCUT2D eigenvalue weighted by molar-refractivity contribution is 6.45. The van der Waals surface area contributed by atoms with Crippen molar-refractivity contribution in [2.75, 3.05) is 6.54 Å². The van der Waals surface area contributed by atoms with Crippen LogP contribution in [0.25, 0.3) is 0 Å². The van der Waals surface area contributed by atoms with E-state index in [0.29, 0.717) is 6.42 Å². The van der Waals surface area contributed by atoms with Crippen molar-refractivity contribution in [2.45, 2.75) is 70.7 Å². The van der Waals surface area contributed by atoms with Gasteiger partial charge in [0, 0.05) is 25.7 Å². The molecule has 124 valence electrons. The average molecular weight is 310 g/mol. The van der Waals surface area contributed by atoms with Gasteiger partial charge in [-0.3, -0.25) is 4.68 Å². The van der Waals surface area contributed by atoms with E-state index in [1.165, 1.54) is 0 Å². The summed E-state index contributed by atoms with van der Waals surface area (Å²) < 4.78 is 13.7. The van der Waals surface area contributed by atoms with E-state index in [1.54, 1.807) is 4.68 Å². The fourth-order valence-corrected chi connectivity index (χ4v) is 2.37. The molecule has 0 aliphatic carbocycles. The van der Waals surface area contributed by atoms with Crippen molar-refractivity contribution in [3.8, 4) is 0 Å². The minimum absolute atomic E-state index is 0.174. The summed E-state index contributed by atoms with van der Waals surface area (Å²) in [6, 6.07) is 0. The molecule has 0 bridgehead atoms. The van der Waals surface area contributed by atoms with Crippen molar-refractivity contribution >= 4 is 7.12 Å². The second-order valence-corrected chi connectivity index (χ2v) is 6.89. The lowest BCUT2D eigenvalue weighted by molar-refractivity contribution is 0.00578. The van der Waals surface area contributed by atoms with Crippen LogP contribution in [0, 0.1) is 0 Å². The smallest absolute Gasteiger partial charge is 0.403 e. The summed E-state index contributed by atoms with van der Waals surface area (Å²) in [6.07, 6.45) is 3.43. The largest absolute Gasteiger partial charge is 0.457 e. The van der Waals surface area contributed by atoms with Crippen molar-refractivity contribution in [2.24, 2.45) is 5.73 Å². The third-order valence-corrected chi connectivity index (χ3v) is 4.43. The molecule has 1 fully saturated rings. The number of hydrogen-bond acceptors (Lipinski definition) is 6. The lowest BCUT2D eigenvalue weighted by Gasteiger charge is -2.32. The Morgan fingerprint density at radius 1 is 1.32 bits per heavy atom. The van der Waals surface area contributed by atoms with E-state index in [4.69, 9.17) is 15.0 Å². The molecule has 22 heavy (non-hydrogen) atoms. The van der Waals surface area contributed by atoms with E-state index in [1.807, 2.05) is 6.20 Å². The van der Waals surface area contributed by atoms with Crippen LogP contribution in [-0.4, -0.2) is 51.1 Å². The molecule has 1 aromatic heterocycles. The number of aromatic nitrogens is 3. The SMILES string of the molecule is CC1(C)OB(CCCn2cc(CC(O)CN)nn2)OC1(C)C. The van der Waals surface area contributed by atoms with Crippen LogP contribution in [-0.2, 0) is 22.3 Å². The molecular formula is C14H27BN4O3. The number of hydrogen-bond donors (Lipinski definition) is 2. The Bertz CT molecular complexity index is 476. The zero-order valence-corrected chi connectivity index (χ0v) is 14.0. The molecule has 3 N–H and O–H groups in total. The van der Waals surface area contributed by atoms with Crippen LogP contribution in [0.4, 0.5) is 0 Å². The van der Waals surface area contributed by atoms with Gasteiger partial charge in [-0.05, 0) is 40.4 Å². The second kappa shape index (κ2) is 6.66. The molecule has 0 saturated carbocycles. The van der Waals surface area contributed by atoms with Gasteiger partial charge in [0.15, 0.2) is 0 Å². The fourth-order valence-electron chi connectivity index (χ4n) is 2.37. The van der Waals surface area contributed by atoms with Crippen LogP contribution in [0.1, 0.15) is 39.8 Å². The number of aliphatic hydroxyl groups is 1. The van der Waals surface area contributed by atoms with E-state index in [0.717, 1.165) is 25.0 Å². The Kier molecular flexibility index (Phi) is 5.27. The molecule has 1 aliphatic heterocycles. The molecule has 0 radical (unpaired) electrons. The van der Waals surface area contributed by atoms with Gasteiger partial charge in [0.1, 0.15) is 0 Å². The van der Waals surface area contributed by atoms with Gasteiger partial charge in [0.25, 0.3) is 0 Å². The first kappa shape index (κ1) is 17.4. The second-order valence-electron chi connectivity index (χ2n) is 6.89. The molecule has 1 aromatic rings. The topological polar surface area (TPSA) is 95.4 Å². The van der Waals surface area contributed by atoms with Gasteiger partial charge < -0.3 is 20.1 Å². The summed E-state index contributed by atoms with van der Waals surface area (Å²) in [7, 11) is -0.174. The van der Waals surface area contributed by atoms with Gasteiger partial charge in [-0.1, -0.05) is 5.21 Å². The molecule has 1 aliphatic rings. The standard InChI is InChI=1S/C14H27BN4O3/c1-13(2)14(3,4)22-15(21-13)6-5-7-19-10-11(17-18-19)8-12(20)9-16/h10,12,20H,5-9,16H2,1-4H3. The maximum atomic E-state index is 9.50. The zero-order chi connectivity index (χ0) is 16.4.